The van der Waals surface area contributed by atoms with Crippen molar-refractivity contribution in [2.24, 2.45) is 0 Å². The molecule has 2 saturated carbocycles. The van der Waals surface area contributed by atoms with Gasteiger partial charge in [0.25, 0.3) is 0 Å². The molecule has 184 valence electrons. The van der Waals surface area contributed by atoms with Gasteiger partial charge in [-0.2, -0.15) is 0 Å². The molecule has 6 nitrogen and oxygen atoms in total. The van der Waals surface area contributed by atoms with Crippen molar-refractivity contribution in [3.8, 4) is 0 Å². The van der Waals surface area contributed by atoms with Crippen LogP contribution >= 0.6 is 0 Å². The highest BCUT2D eigenvalue weighted by molar-refractivity contribution is 7.91. The summed E-state index contributed by atoms with van der Waals surface area (Å²) in [6.07, 6.45) is 12.5. The minimum atomic E-state index is -3.03. The molecule has 0 radical (unpaired) electrons. The zero-order valence-corrected chi connectivity index (χ0v) is 21.0. The van der Waals surface area contributed by atoms with Crippen molar-refractivity contribution >= 4 is 21.4 Å². The van der Waals surface area contributed by atoms with Crippen LogP contribution in [0.4, 0.5) is 5.69 Å². The lowest BCUT2D eigenvalue weighted by Crippen LogP contribution is -2.50. The van der Waals surface area contributed by atoms with Gasteiger partial charge in [-0.05, 0) is 50.8 Å². The van der Waals surface area contributed by atoms with Gasteiger partial charge in [0.2, 0.25) is 5.91 Å². The number of sulfone groups is 1. The molecule has 4 rings (SSSR count). The Bertz CT molecular complexity index is 892. The Morgan fingerprint density at radius 2 is 1.55 bits per heavy atom. The van der Waals surface area contributed by atoms with Gasteiger partial charge in [-0.1, -0.05) is 56.7 Å². The van der Waals surface area contributed by atoms with Crippen LogP contribution in [0.25, 0.3) is 0 Å². The lowest BCUT2D eigenvalue weighted by Gasteiger charge is -2.38. The number of nitrogens with zero attached hydrogens (tertiary/aromatic N) is 2. The third kappa shape index (κ3) is 6.50. The summed E-state index contributed by atoms with van der Waals surface area (Å²) < 4.78 is 24.3. The summed E-state index contributed by atoms with van der Waals surface area (Å²) in [7, 11) is -0.819. The zero-order chi connectivity index (χ0) is 23.3. The third-order valence-electron chi connectivity index (χ3n) is 7.92. The van der Waals surface area contributed by atoms with Gasteiger partial charge in [0, 0.05) is 30.4 Å². The van der Waals surface area contributed by atoms with E-state index in [0.29, 0.717) is 12.5 Å². The fourth-order valence-electron chi connectivity index (χ4n) is 6.07. The van der Waals surface area contributed by atoms with Crippen molar-refractivity contribution < 1.29 is 13.2 Å². The first-order valence-electron chi connectivity index (χ1n) is 13.0. The second kappa shape index (κ2) is 11.2. The summed E-state index contributed by atoms with van der Waals surface area (Å²) in [5, 5.41) is 3.42. The highest BCUT2D eigenvalue weighted by atomic mass is 32.2. The van der Waals surface area contributed by atoms with E-state index in [1.165, 1.54) is 44.1 Å². The number of benzene rings is 1. The van der Waals surface area contributed by atoms with E-state index >= 15 is 0 Å². The van der Waals surface area contributed by atoms with Crippen LogP contribution in [0, 0.1) is 0 Å². The summed E-state index contributed by atoms with van der Waals surface area (Å²) >= 11 is 0. The van der Waals surface area contributed by atoms with Crippen LogP contribution in [-0.2, 0) is 21.2 Å². The maximum Gasteiger partial charge on any atom is 0.242 e. The molecule has 0 aromatic heterocycles. The molecule has 2 aliphatic carbocycles. The van der Waals surface area contributed by atoms with Crippen LogP contribution < -0.4 is 5.32 Å². The van der Waals surface area contributed by atoms with Gasteiger partial charge in [-0.25, -0.2) is 8.42 Å². The molecular weight excluding hydrogens is 434 g/mol. The molecule has 0 bridgehead atoms. The highest BCUT2D eigenvalue weighted by Crippen LogP contribution is 2.29. The lowest BCUT2D eigenvalue weighted by atomic mass is 9.93. The van der Waals surface area contributed by atoms with Gasteiger partial charge in [0.05, 0.1) is 18.1 Å². The Morgan fingerprint density at radius 1 is 0.909 bits per heavy atom. The monoisotopic (exact) mass is 475 g/mol. The van der Waals surface area contributed by atoms with Crippen LogP contribution in [0.5, 0.6) is 0 Å². The normalized spacial score (nSPS) is 24.1. The predicted octanol–water partition coefficient (Wildman–Crippen LogP) is 4.21. The smallest absolute Gasteiger partial charge is 0.242 e. The molecule has 1 unspecified atom stereocenters. The Hall–Kier alpha value is -1.60. The SMILES string of the molecule is CN(Cc1ccccc1NCC(=O)N(C1CCCCC1)C1CCS(=O)(=O)C1)C1CCCCC1. The Labute approximate surface area is 200 Å². The molecule has 1 aromatic rings. The Morgan fingerprint density at radius 3 is 2.18 bits per heavy atom. The fraction of sp³-hybridized carbons (Fsp3) is 0.731. The average Bonchev–Trinajstić information content (AvgIpc) is 3.19. The van der Waals surface area contributed by atoms with Crippen molar-refractivity contribution in [3.05, 3.63) is 29.8 Å². The molecule has 33 heavy (non-hydrogen) atoms. The number of anilines is 1. The van der Waals surface area contributed by atoms with E-state index in [0.717, 1.165) is 37.9 Å². The summed E-state index contributed by atoms with van der Waals surface area (Å²) in [5.74, 6) is 0.370. The van der Waals surface area contributed by atoms with Crippen molar-refractivity contribution in [2.45, 2.75) is 95.3 Å². The van der Waals surface area contributed by atoms with Crippen molar-refractivity contribution in [2.75, 3.05) is 30.4 Å². The molecule has 1 N–H and O–H groups in total. The second-order valence-electron chi connectivity index (χ2n) is 10.4. The highest BCUT2D eigenvalue weighted by Gasteiger charge is 2.38. The second-order valence-corrected chi connectivity index (χ2v) is 12.6. The maximum absolute atomic E-state index is 13.5. The molecule has 1 amide bonds. The Kier molecular flexibility index (Phi) is 8.34. The molecule has 1 heterocycles. The van der Waals surface area contributed by atoms with Crippen LogP contribution in [-0.4, -0.2) is 67.3 Å². The number of carbonyl (C=O) groups excluding carboxylic acids is 1. The van der Waals surface area contributed by atoms with E-state index in [4.69, 9.17) is 0 Å². The molecule has 7 heteroatoms. The number of hydrogen-bond acceptors (Lipinski definition) is 5. The molecule has 0 spiro atoms. The van der Waals surface area contributed by atoms with Crippen LogP contribution in [0.3, 0.4) is 0 Å². The van der Waals surface area contributed by atoms with Crippen LogP contribution in [0.2, 0.25) is 0 Å². The number of hydrogen-bond donors (Lipinski definition) is 1. The first-order chi connectivity index (χ1) is 15.9. The molecular formula is C26H41N3O3S. The number of carbonyl (C=O) groups is 1. The average molecular weight is 476 g/mol. The molecule has 1 saturated heterocycles. The molecule has 1 atom stereocenters. The predicted molar refractivity (Wildman–Crippen MR) is 134 cm³/mol. The number of nitrogens with one attached hydrogen (secondary N) is 1. The van der Waals surface area contributed by atoms with Crippen LogP contribution in [0.1, 0.15) is 76.2 Å². The van der Waals surface area contributed by atoms with E-state index in [-0.39, 0.29) is 36.0 Å². The van der Waals surface area contributed by atoms with Gasteiger partial charge >= 0.3 is 0 Å². The van der Waals surface area contributed by atoms with E-state index < -0.39 is 9.84 Å². The van der Waals surface area contributed by atoms with E-state index in [1.54, 1.807) is 0 Å². The van der Waals surface area contributed by atoms with Gasteiger partial charge in [-0.15, -0.1) is 0 Å². The van der Waals surface area contributed by atoms with Crippen LogP contribution in [0.15, 0.2) is 24.3 Å². The lowest BCUT2D eigenvalue weighted by molar-refractivity contribution is -0.134. The standard InChI is InChI=1S/C26H41N3O3S/c1-28(22-11-4-2-5-12-22)19-21-10-8-9-15-25(21)27-18-26(30)29(23-13-6-3-7-14-23)24-16-17-33(31,32)20-24/h8-10,15,22-24,27H,2-7,11-14,16-20H2,1H3. The van der Waals surface area contributed by atoms with Crippen molar-refractivity contribution in [1.29, 1.82) is 0 Å². The van der Waals surface area contributed by atoms with Gasteiger partial charge in [0.1, 0.15) is 0 Å². The minimum Gasteiger partial charge on any atom is -0.376 e. The molecule has 1 aromatic carbocycles. The topological polar surface area (TPSA) is 69.7 Å². The summed E-state index contributed by atoms with van der Waals surface area (Å²) in [5.41, 5.74) is 2.22. The van der Waals surface area contributed by atoms with Gasteiger partial charge in [-0.3, -0.25) is 9.69 Å². The maximum atomic E-state index is 13.5. The first-order valence-corrected chi connectivity index (χ1v) is 14.8. The van der Waals surface area contributed by atoms with E-state index in [2.05, 4.69) is 35.5 Å². The number of rotatable bonds is 8. The molecule has 1 aliphatic heterocycles. The fourth-order valence-corrected chi connectivity index (χ4v) is 7.78. The van der Waals surface area contributed by atoms with Crippen molar-refractivity contribution in [3.63, 3.8) is 0 Å². The van der Waals surface area contributed by atoms with Gasteiger partial charge < -0.3 is 10.2 Å². The molecule has 3 aliphatic rings. The summed E-state index contributed by atoms with van der Waals surface area (Å²) in [4.78, 5) is 17.9. The summed E-state index contributed by atoms with van der Waals surface area (Å²) in [6, 6.07) is 8.93. The van der Waals surface area contributed by atoms with Crippen molar-refractivity contribution in [1.82, 2.24) is 9.80 Å². The van der Waals surface area contributed by atoms with Gasteiger partial charge in [0.15, 0.2) is 9.84 Å². The zero-order valence-electron chi connectivity index (χ0n) is 20.2. The quantitative estimate of drug-likeness (QED) is 0.610. The Balaban J connectivity index is 1.42. The largest absolute Gasteiger partial charge is 0.376 e. The van der Waals surface area contributed by atoms with E-state index in [1.807, 2.05) is 11.0 Å². The first kappa shape index (κ1) is 24.5. The third-order valence-corrected chi connectivity index (χ3v) is 9.67. The number of para-hydroxylation sites is 1. The number of amides is 1. The minimum absolute atomic E-state index is 0.0411. The van der Waals surface area contributed by atoms with E-state index in [9.17, 15) is 13.2 Å². The molecule has 3 fully saturated rings. The summed E-state index contributed by atoms with van der Waals surface area (Å²) in [6.45, 7) is 1.09.